The van der Waals surface area contributed by atoms with E-state index in [4.69, 9.17) is 0 Å². The van der Waals surface area contributed by atoms with Gasteiger partial charge in [-0.25, -0.2) is 4.63 Å². The molecule has 1 aromatic carbocycles. The number of nitrogens with zero attached hydrogens (tertiary/aromatic N) is 4. The number of hydrogen-bond donors (Lipinski definition) is 0. The minimum Gasteiger partial charge on any atom is -0.366 e. The molecule has 0 unspecified atom stereocenters. The van der Waals surface area contributed by atoms with Crippen LogP contribution in [0.1, 0.15) is 25.7 Å². The van der Waals surface area contributed by atoms with Crippen LogP contribution in [-0.4, -0.2) is 28.3 Å². The van der Waals surface area contributed by atoms with Crippen LogP contribution in [0.5, 0.6) is 0 Å². The van der Waals surface area contributed by atoms with E-state index in [1.54, 1.807) is 12.1 Å². The predicted molar refractivity (Wildman–Crippen MR) is 69.1 cm³/mol. The van der Waals surface area contributed by atoms with Gasteiger partial charge in [0.05, 0.1) is 4.92 Å². The van der Waals surface area contributed by atoms with Crippen LogP contribution in [0.15, 0.2) is 16.8 Å². The molecule has 7 nitrogen and oxygen atoms in total. The molecule has 19 heavy (non-hydrogen) atoms. The molecule has 7 heteroatoms. The Kier molecular flexibility index (Phi) is 3.02. The third kappa shape index (κ3) is 2.11. The largest absolute Gasteiger partial charge is 0.366 e. The van der Waals surface area contributed by atoms with Gasteiger partial charge in [-0.3, -0.25) is 10.1 Å². The molecule has 1 aliphatic heterocycles. The van der Waals surface area contributed by atoms with E-state index in [-0.39, 0.29) is 11.2 Å². The van der Waals surface area contributed by atoms with Crippen LogP contribution in [0.4, 0.5) is 11.4 Å². The molecule has 0 atom stereocenters. The Hall–Kier alpha value is -2.18. The lowest BCUT2D eigenvalue weighted by molar-refractivity contribution is -0.382. The zero-order chi connectivity index (χ0) is 13.2. The highest BCUT2D eigenvalue weighted by Crippen LogP contribution is 2.35. The second-order valence-corrected chi connectivity index (χ2v) is 4.72. The van der Waals surface area contributed by atoms with E-state index in [1.165, 1.54) is 12.8 Å². The van der Waals surface area contributed by atoms with Crippen LogP contribution in [0.25, 0.3) is 11.0 Å². The minimum absolute atomic E-state index is 0.000602. The highest BCUT2D eigenvalue weighted by Gasteiger charge is 2.26. The van der Waals surface area contributed by atoms with Gasteiger partial charge in [-0.2, -0.15) is 0 Å². The maximum atomic E-state index is 11.3. The van der Waals surface area contributed by atoms with Crippen molar-refractivity contribution in [1.82, 2.24) is 10.3 Å². The van der Waals surface area contributed by atoms with Crippen molar-refractivity contribution in [3.8, 4) is 0 Å². The van der Waals surface area contributed by atoms with Gasteiger partial charge in [0.2, 0.25) is 5.52 Å². The number of benzene rings is 1. The Morgan fingerprint density at radius 1 is 1.16 bits per heavy atom. The molecule has 0 N–H and O–H groups in total. The van der Waals surface area contributed by atoms with Gasteiger partial charge >= 0.3 is 5.69 Å². The van der Waals surface area contributed by atoms with Crippen molar-refractivity contribution in [3.05, 3.63) is 22.2 Å². The first-order valence-electron chi connectivity index (χ1n) is 6.42. The molecule has 0 radical (unpaired) electrons. The molecule has 0 saturated carbocycles. The van der Waals surface area contributed by atoms with Gasteiger partial charge in [-0.15, -0.1) is 0 Å². The number of nitro groups is 1. The normalized spacial score (nSPS) is 16.5. The molecule has 1 aliphatic rings. The van der Waals surface area contributed by atoms with Crippen LogP contribution in [0, 0.1) is 10.1 Å². The van der Waals surface area contributed by atoms with Gasteiger partial charge in [0, 0.05) is 13.1 Å². The number of fused-ring (bicyclic) bond motifs is 1. The lowest BCUT2D eigenvalue weighted by Gasteiger charge is -2.21. The number of rotatable bonds is 2. The van der Waals surface area contributed by atoms with E-state index in [0.29, 0.717) is 11.2 Å². The number of anilines is 1. The zero-order valence-corrected chi connectivity index (χ0v) is 10.4. The van der Waals surface area contributed by atoms with Crippen molar-refractivity contribution < 1.29 is 9.55 Å². The lowest BCUT2D eigenvalue weighted by atomic mass is 10.2. The van der Waals surface area contributed by atoms with Crippen LogP contribution < -0.4 is 4.90 Å². The zero-order valence-electron chi connectivity index (χ0n) is 10.4. The standard InChI is InChI=1S/C12H14N4O3/c17-16(18)12-10(15-7-3-1-2-4-8-15)6-5-9-11(12)14-19-13-9/h5-6H,1-4,7-8H2. The molecule has 2 aromatic rings. The van der Waals surface area contributed by atoms with Gasteiger partial charge in [0.15, 0.2) is 0 Å². The average Bonchev–Trinajstić information content (AvgIpc) is 2.70. The van der Waals surface area contributed by atoms with Crippen molar-refractivity contribution in [3.63, 3.8) is 0 Å². The highest BCUT2D eigenvalue weighted by molar-refractivity contribution is 5.91. The van der Waals surface area contributed by atoms with Gasteiger partial charge < -0.3 is 4.90 Å². The SMILES string of the molecule is O=[N+]([O-])c1c(N2CCCCCC2)ccc2nonc12. The van der Waals surface area contributed by atoms with Crippen molar-refractivity contribution in [2.24, 2.45) is 0 Å². The second kappa shape index (κ2) is 4.83. The van der Waals surface area contributed by atoms with Crippen molar-refractivity contribution >= 4 is 22.4 Å². The Balaban J connectivity index is 2.10. The van der Waals surface area contributed by atoms with E-state index in [9.17, 15) is 10.1 Å². The molecule has 100 valence electrons. The third-order valence-electron chi connectivity index (χ3n) is 3.51. The van der Waals surface area contributed by atoms with Crippen molar-refractivity contribution in [1.29, 1.82) is 0 Å². The van der Waals surface area contributed by atoms with Crippen LogP contribution in [-0.2, 0) is 0 Å². The first kappa shape index (κ1) is 11.9. The first-order chi connectivity index (χ1) is 9.27. The molecule has 0 bridgehead atoms. The van der Waals surface area contributed by atoms with Crippen molar-refractivity contribution in [2.45, 2.75) is 25.7 Å². The molecular formula is C12H14N4O3. The molecule has 0 spiro atoms. The molecule has 0 amide bonds. The predicted octanol–water partition coefficient (Wildman–Crippen LogP) is 2.51. The summed E-state index contributed by atoms with van der Waals surface area (Å²) < 4.78 is 4.60. The Morgan fingerprint density at radius 3 is 2.58 bits per heavy atom. The van der Waals surface area contributed by atoms with Gasteiger partial charge in [-0.1, -0.05) is 12.8 Å². The van der Waals surface area contributed by atoms with Gasteiger partial charge in [0.25, 0.3) is 0 Å². The molecule has 1 saturated heterocycles. The molecule has 0 aliphatic carbocycles. The summed E-state index contributed by atoms with van der Waals surface area (Å²) in [6, 6.07) is 3.47. The fourth-order valence-electron chi connectivity index (χ4n) is 2.57. The lowest BCUT2D eigenvalue weighted by Crippen LogP contribution is -2.24. The quantitative estimate of drug-likeness (QED) is 0.610. The van der Waals surface area contributed by atoms with Crippen molar-refractivity contribution in [2.75, 3.05) is 18.0 Å². The fourth-order valence-corrected chi connectivity index (χ4v) is 2.57. The third-order valence-corrected chi connectivity index (χ3v) is 3.51. The summed E-state index contributed by atoms with van der Waals surface area (Å²) in [5.74, 6) is 0. The summed E-state index contributed by atoms with van der Waals surface area (Å²) in [5, 5.41) is 18.7. The Morgan fingerprint density at radius 2 is 1.89 bits per heavy atom. The van der Waals surface area contributed by atoms with E-state index < -0.39 is 4.92 Å². The molecule has 1 aromatic heterocycles. The summed E-state index contributed by atoms with van der Waals surface area (Å²) in [7, 11) is 0. The van der Waals surface area contributed by atoms with Gasteiger partial charge in [-0.05, 0) is 35.3 Å². The molecule has 1 fully saturated rings. The number of aromatic nitrogens is 2. The Bertz CT molecular complexity index is 602. The first-order valence-corrected chi connectivity index (χ1v) is 6.42. The minimum atomic E-state index is -0.396. The summed E-state index contributed by atoms with van der Waals surface area (Å²) in [4.78, 5) is 13.0. The highest BCUT2D eigenvalue weighted by atomic mass is 16.6. The van der Waals surface area contributed by atoms with Crippen LogP contribution in [0.3, 0.4) is 0 Å². The molecular weight excluding hydrogens is 248 g/mol. The van der Waals surface area contributed by atoms with Crippen LogP contribution in [0.2, 0.25) is 0 Å². The number of nitro benzene ring substituents is 1. The average molecular weight is 262 g/mol. The van der Waals surface area contributed by atoms with Gasteiger partial charge in [0.1, 0.15) is 11.2 Å². The Labute approximate surface area is 109 Å². The fraction of sp³-hybridized carbons (Fsp3) is 0.500. The van der Waals surface area contributed by atoms with E-state index in [1.807, 2.05) is 0 Å². The molecule has 3 rings (SSSR count). The maximum absolute atomic E-state index is 11.3. The summed E-state index contributed by atoms with van der Waals surface area (Å²) in [6.45, 7) is 1.69. The summed E-state index contributed by atoms with van der Waals surface area (Å²) >= 11 is 0. The maximum Gasteiger partial charge on any atom is 0.323 e. The number of hydrogen-bond acceptors (Lipinski definition) is 6. The van der Waals surface area contributed by atoms with E-state index in [0.717, 1.165) is 25.9 Å². The summed E-state index contributed by atoms with van der Waals surface area (Å²) in [6.07, 6.45) is 4.48. The molecule has 2 heterocycles. The summed E-state index contributed by atoms with van der Waals surface area (Å²) in [5.41, 5.74) is 1.27. The monoisotopic (exact) mass is 262 g/mol. The van der Waals surface area contributed by atoms with E-state index in [2.05, 4.69) is 19.8 Å². The van der Waals surface area contributed by atoms with Crippen LogP contribution >= 0.6 is 0 Å². The topological polar surface area (TPSA) is 85.3 Å². The second-order valence-electron chi connectivity index (χ2n) is 4.72. The smallest absolute Gasteiger partial charge is 0.323 e. The van der Waals surface area contributed by atoms with E-state index >= 15 is 0 Å².